The third-order valence-electron chi connectivity index (χ3n) is 1.96. The van der Waals surface area contributed by atoms with E-state index in [1.807, 2.05) is 22.6 Å². The van der Waals surface area contributed by atoms with Crippen molar-refractivity contribution in [3.8, 4) is 6.07 Å². The van der Waals surface area contributed by atoms with E-state index in [0.29, 0.717) is 14.3 Å². The van der Waals surface area contributed by atoms with Crippen LogP contribution in [-0.4, -0.2) is 19.0 Å². The number of rotatable bonds is 3. The Labute approximate surface area is 122 Å². The number of amides is 1. The zero-order valence-corrected chi connectivity index (χ0v) is 12.2. The summed E-state index contributed by atoms with van der Waals surface area (Å²) in [5.41, 5.74) is 0.452. The van der Waals surface area contributed by atoms with E-state index in [0.717, 1.165) is 0 Å². The fraction of sp³-hybridized carbons (Fsp3) is 0.182. The Kier molecular flexibility index (Phi) is 5.37. The van der Waals surface area contributed by atoms with E-state index < -0.39 is 11.9 Å². The van der Waals surface area contributed by atoms with Gasteiger partial charge in [0.2, 0.25) is 5.91 Å². The van der Waals surface area contributed by atoms with Crippen LogP contribution in [0, 0.1) is 14.9 Å². The van der Waals surface area contributed by atoms with Gasteiger partial charge in [-0.2, -0.15) is 5.26 Å². The van der Waals surface area contributed by atoms with Crippen molar-refractivity contribution < 1.29 is 14.3 Å². The molecule has 94 valence electrons. The predicted octanol–water partition coefficient (Wildman–Crippen LogP) is 2.58. The Balaban J connectivity index is 3.20. The molecule has 5 nitrogen and oxygen atoms in total. The molecule has 0 aliphatic heterocycles. The lowest BCUT2D eigenvalue weighted by atomic mass is 10.1. The second-order valence-corrected chi connectivity index (χ2v) is 4.78. The lowest BCUT2D eigenvalue weighted by molar-refractivity contribution is -0.115. The number of esters is 1. The normalized spacial score (nSPS) is 9.44. The molecule has 0 fully saturated rings. The average molecular weight is 379 g/mol. The summed E-state index contributed by atoms with van der Waals surface area (Å²) in [6.45, 7) is 0. The van der Waals surface area contributed by atoms with Crippen LogP contribution in [0.1, 0.15) is 16.8 Å². The molecule has 0 bridgehead atoms. The fourth-order valence-corrected chi connectivity index (χ4v) is 2.39. The van der Waals surface area contributed by atoms with Crippen LogP contribution in [0.5, 0.6) is 0 Å². The first kappa shape index (κ1) is 14.7. The van der Waals surface area contributed by atoms with Gasteiger partial charge in [-0.25, -0.2) is 4.79 Å². The molecule has 0 unspecified atom stereocenters. The topological polar surface area (TPSA) is 79.2 Å². The first-order chi connectivity index (χ1) is 8.49. The average Bonchev–Trinajstić information content (AvgIpc) is 2.31. The van der Waals surface area contributed by atoms with Gasteiger partial charge in [-0.15, -0.1) is 0 Å². The van der Waals surface area contributed by atoms with Gasteiger partial charge in [-0.3, -0.25) is 4.79 Å². The van der Waals surface area contributed by atoms with Crippen molar-refractivity contribution in [1.29, 1.82) is 5.26 Å². The Morgan fingerprint density at radius 1 is 1.56 bits per heavy atom. The molecule has 7 heteroatoms. The Bertz CT molecular complexity index is 540. The number of hydrogen-bond donors (Lipinski definition) is 1. The molecule has 1 aromatic carbocycles. The van der Waals surface area contributed by atoms with E-state index in [-0.39, 0.29) is 12.0 Å². The maximum Gasteiger partial charge on any atom is 0.340 e. The van der Waals surface area contributed by atoms with Crippen molar-refractivity contribution in [2.24, 2.45) is 0 Å². The third kappa shape index (κ3) is 3.58. The number of halogens is 2. The first-order valence-corrected chi connectivity index (χ1v) is 6.19. The van der Waals surface area contributed by atoms with E-state index in [1.165, 1.54) is 13.2 Å². The van der Waals surface area contributed by atoms with Crippen LogP contribution < -0.4 is 5.32 Å². The van der Waals surface area contributed by atoms with Crippen molar-refractivity contribution in [3.63, 3.8) is 0 Å². The predicted molar refractivity (Wildman–Crippen MR) is 74.4 cm³/mol. The number of methoxy groups -OCH3 is 1. The summed E-state index contributed by atoms with van der Waals surface area (Å²) in [5, 5.41) is 11.3. The number of benzene rings is 1. The Morgan fingerprint density at radius 3 is 2.78 bits per heavy atom. The van der Waals surface area contributed by atoms with E-state index >= 15 is 0 Å². The van der Waals surface area contributed by atoms with Gasteiger partial charge < -0.3 is 10.1 Å². The summed E-state index contributed by atoms with van der Waals surface area (Å²) in [6, 6.07) is 4.72. The van der Waals surface area contributed by atoms with Crippen LogP contribution in [0.15, 0.2) is 12.1 Å². The molecule has 0 aromatic heterocycles. The quantitative estimate of drug-likeness (QED) is 0.648. The molecule has 0 spiro atoms. The van der Waals surface area contributed by atoms with Crippen LogP contribution >= 0.6 is 34.2 Å². The molecule has 0 saturated carbocycles. The summed E-state index contributed by atoms with van der Waals surface area (Å²) in [6.07, 6.45) is -0.292. The van der Waals surface area contributed by atoms with Gasteiger partial charge in [0.25, 0.3) is 0 Å². The number of anilines is 1. The molecule has 1 amide bonds. The smallest absolute Gasteiger partial charge is 0.340 e. The van der Waals surface area contributed by atoms with Gasteiger partial charge in [0, 0.05) is 8.59 Å². The second-order valence-electron chi connectivity index (χ2n) is 3.18. The minimum Gasteiger partial charge on any atom is -0.465 e. The molecule has 1 aromatic rings. The summed E-state index contributed by atoms with van der Waals surface area (Å²) in [4.78, 5) is 23.0. The number of hydrogen-bond acceptors (Lipinski definition) is 4. The second kappa shape index (κ2) is 6.56. The monoisotopic (exact) mass is 378 g/mol. The van der Waals surface area contributed by atoms with Crippen molar-refractivity contribution >= 4 is 51.8 Å². The van der Waals surface area contributed by atoms with Crippen molar-refractivity contribution in [3.05, 3.63) is 26.3 Å². The van der Waals surface area contributed by atoms with Gasteiger partial charge in [-0.05, 0) is 34.7 Å². The lowest BCUT2D eigenvalue weighted by Crippen LogP contribution is -2.15. The number of nitrogens with zero attached hydrogens (tertiary/aromatic N) is 1. The molecule has 0 aliphatic rings. The van der Waals surface area contributed by atoms with Gasteiger partial charge in [0.15, 0.2) is 0 Å². The van der Waals surface area contributed by atoms with Crippen LogP contribution in [0.3, 0.4) is 0 Å². The molecule has 0 heterocycles. The summed E-state index contributed by atoms with van der Waals surface area (Å²) in [7, 11) is 1.23. The van der Waals surface area contributed by atoms with Gasteiger partial charge in [-0.1, -0.05) is 11.6 Å². The number of ether oxygens (including phenoxy) is 1. The SMILES string of the molecule is COC(=O)c1cc(Cl)cc(I)c1NC(=O)CC#N. The van der Waals surface area contributed by atoms with Crippen molar-refractivity contribution in [2.75, 3.05) is 12.4 Å². The molecular formula is C11H8ClIN2O3. The van der Waals surface area contributed by atoms with Gasteiger partial charge >= 0.3 is 5.97 Å². The van der Waals surface area contributed by atoms with E-state index in [9.17, 15) is 9.59 Å². The molecular weight excluding hydrogens is 370 g/mol. The van der Waals surface area contributed by atoms with E-state index in [2.05, 4.69) is 10.1 Å². The molecule has 18 heavy (non-hydrogen) atoms. The maximum absolute atomic E-state index is 11.6. The zero-order chi connectivity index (χ0) is 13.7. The van der Waals surface area contributed by atoms with Crippen LogP contribution in [0.2, 0.25) is 5.02 Å². The van der Waals surface area contributed by atoms with Crippen LogP contribution in [0.25, 0.3) is 0 Å². The highest BCUT2D eigenvalue weighted by Crippen LogP contribution is 2.28. The van der Waals surface area contributed by atoms with E-state index in [4.69, 9.17) is 16.9 Å². The standard InChI is InChI=1S/C11H8ClIN2O3/c1-18-11(17)7-4-6(12)5-8(13)10(7)15-9(16)2-3-14/h4-5H,2H2,1H3,(H,15,16). The summed E-state index contributed by atoms with van der Waals surface area (Å²) < 4.78 is 5.20. The summed E-state index contributed by atoms with van der Waals surface area (Å²) >= 11 is 7.78. The molecule has 0 aliphatic carbocycles. The lowest BCUT2D eigenvalue weighted by Gasteiger charge is -2.11. The Morgan fingerprint density at radius 2 is 2.22 bits per heavy atom. The number of carbonyl (C=O) groups is 2. The fourth-order valence-electron chi connectivity index (χ4n) is 1.23. The van der Waals surface area contributed by atoms with E-state index in [1.54, 1.807) is 12.1 Å². The van der Waals surface area contributed by atoms with Gasteiger partial charge in [0.1, 0.15) is 6.42 Å². The highest BCUT2D eigenvalue weighted by atomic mass is 127. The van der Waals surface area contributed by atoms with Crippen LogP contribution in [-0.2, 0) is 9.53 Å². The molecule has 1 rings (SSSR count). The number of nitrogens with one attached hydrogen (secondary N) is 1. The molecule has 1 N–H and O–H groups in total. The minimum absolute atomic E-state index is 0.153. The number of carbonyl (C=O) groups excluding carboxylic acids is 2. The highest BCUT2D eigenvalue weighted by Gasteiger charge is 2.17. The number of nitriles is 1. The maximum atomic E-state index is 11.6. The zero-order valence-electron chi connectivity index (χ0n) is 9.29. The molecule has 0 radical (unpaired) electrons. The highest BCUT2D eigenvalue weighted by molar-refractivity contribution is 14.1. The first-order valence-electron chi connectivity index (χ1n) is 4.73. The molecule has 0 atom stereocenters. The summed E-state index contributed by atoms with van der Waals surface area (Å²) in [5.74, 6) is -1.11. The molecule has 0 saturated heterocycles. The largest absolute Gasteiger partial charge is 0.465 e. The van der Waals surface area contributed by atoms with Crippen LogP contribution in [0.4, 0.5) is 5.69 Å². The third-order valence-corrected chi connectivity index (χ3v) is 3.03. The van der Waals surface area contributed by atoms with Crippen molar-refractivity contribution in [2.45, 2.75) is 6.42 Å². The minimum atomic E-state index is -0.609. The Hall–Kier alpha value is -1.33. The van der Waals surface area contributed by atoms with Gasteiger partial charge in [0.05, 0.1) is 24.4 Å². The van der Waals surface area contributed by atoms with Crippen molar-refractivity contribution in [1.82, 2.24) is 0 Å².